The summed E-state index contributed by atoms with van der Waals surface area (Å²) in [6.07, 6.45) is 1.19. The molecule has 1 aliphatic rings. The molecule has 2 amide bonds. The first-order chi connectivity index (χ1) is 9.91. The highest BCUT2D eigenvalue weighted by Gasteiger charge is 2.35. The zero-order chi connectivity index (χ0) is 15.5. The lowest BCUT2D eigenvalue weighted by atomic mass is 9.99. The molecule has 1 heterocycles. The molecule has 4 heteroatoms. The molecule has 1 fully saturated rings. The molecule has 1 atom stereocenters. The van der Waals surface area contributed by atoms with E-state index < -0.39 is 0 Å². The van der Waals surface area contributed by atoms with Crippen LogP contribution in [0.25, 0.3) is 0 Å². The van der Waals surface area contributed by atoms with Crippen molar-refractivity contribution in [3.8, 4) is 0 Å². The highest BCUT2D eigenvalue weighted by molar-refractivity contribution is 5.89. The smallest absolute Gasteiger partial charge is 0.225 e. The van der Waals surface area contributed by atoms with Crippen LogP contribution in [0, 0.1) is 5.92 Å². The second-order valence-electron chi connectivity index (χ2n) is 6.39. The summed E-state index contributed by atoms with van der Waals surface area (Å²) in [4.78, 5) is 26.1. The molecule has 1 aromatic rings. The minimum atomic E-state index is -0.230. The van der Waals surface area contributed by atoms with E-state index in [1.165, 1.54) is 0 Å². The molecule has 0 spiro atoms. The molecule has 0 aromatic heterocycles. The van der Waals surface area contributed by atoms with Gasteiger partial charge in [0, 0.05) is 25.0 Å². The standard InChI is InChI=1S/C17H24N2O2/c1-4-17(2,3)18-16(21)14-10-15(20)19(12-14)11-13-8-6-5-7-9-13/h5-9,14H,4,10-12H2,1-3H3,(H,18,21). The van der Waals surface area contributed by atoms with Crippen molar-refractivity contribution in [2.75, 3.05) is 6.54 Å². The Morgan fingerprint density at radius 3 is 2.62 bits per heavy atom. The van der Waals surface area contributed by atoms with Crippen LogP contribution in [0.5, 0.6) is 0 Å². The average Bonchev–Trinajstić information content (AvgIpc) is 2.81. The summed E-state index contributed by atoms with van der Waals surface area (Å²) in [5.74, 6) is -0.175. The van der Waals surface area contributed by atoms with Crippen molar-refractivity contribution in [1.82, 2.24) is 10.2 Å². The number of carbonyl (C=O) groups is 2. The molecule has 0 bridgehead atoms. The fraction of sp³-hybridized carbons (Fsp3) is 0.529. The van der Waals surface area contributed by atoms with E-state index in [0.29, 0.717) is 19.5 Å². The maximum Gasteiger partial charge on any atom is 0.225 e. The minimum absolute atomic E-state index is 0.00855. The predicted octanol–water partition coefficient (Wildman–Crippen LogP) is 2.34. The van der Waals surface area contributed by atoms with Crippen LogP contribution in [0.4, 0.5) is 0 Å². The van der Waals surface area contributed by atoms with Gasteiger partial charge in [-0.25, -0.2) is 0 Å². The van der Waals surface area contributed by atoms with Gasteiger partial charge < -0.3 is 10.2 Å². The van der Waals surface area contributed by atoms with Gasteiger partial charge in [-0.3, -0.25) is 9.59 Å². The number of amides is 2. The third-order valence-electron chi connectivity index (χ3n) is 4.15. The van der Waals surface area contributed by atoms with E-state index in [2.05, 4.69) is 5.32 Å². The van der Waals surface area contributed by atoms with Gasteiger partial charge in [0.15, 0.2) is 0 Å². The van der Waals surface area contributed by atoms with Crippen LogP contribution in [0.15, 0.2) is 30.3 Å². The number of carbonyl (C=O) groups excluding carboxylic acids is 2. The van der Waals surface area contributed by atoms with Gasteiger partial charge in [-0.05, 0) is 25.8 Å². The summed E-state index contributed by atoms with van der Waals surface area (Å²) in [6, 6.07) is 9.88. The summed E-state index contributed by atoms with van der Waals surface area (Å²) in [7, 11) is 0. The number of likely N-dealkylation sites (tertiary alicyclic amines) is 1. The summed E-state index contributed by atoms with van der Waals surface area (Å²) in [5.41, 5.74) is 0.883. The SMILES string of the molecule is CCC(C)(C)NC(=O)C1CC(=O)N(Cc2ccccc2)C1. The fourth-order valence-corrected chi connectivity index (χ4v) is 2.43. The molecule has 1 aliphatic heterocycles. The highest BCUT2D eigenvalue weighted by Crippen LogP contribution is 2.21. The molecular weight excluding hydrogens is 264 g/mol. The van der Waals surface area contributed by atoms with E-state index in [0.717, 1.165) is 12.0 Å². The van der Waals surface area contributed by atoms with Gasteiger partial charge in [0.1, 0.15) is 0 Å². The van der Waals surface area contributed by atoms with Gasteiger partial charge in [-0.1, -0.05) is 37.3 Å². The molecule has 0 saturated carbocycles. The molecule has 114 valence electrons. The molecular formula is C17H24N2O2. The minimum Gasteiger partial charge on any atom is -0.351 e. The Bertz CT molecular complexity index is 511. The molecule has 0 radical (unpaired) electrons. The second kappa shape index (κ2) is 6.29. The number of nitrogens with one attached hydrogen (secondary N) is 1. The monoisotopic (exact) mass is 288 g/mol. The molecule has 0 aliphatic carbocycles. The summed E-state index contributed by atoms with van der Waals surface area (Å²) >= 11 is 0. The van der Waals surface area contributed by atoms with E-state index in [9.17, 15) is 9.59 Å². The maximum atomic E-state index is 12.3. The molecule has 1 aromatic carbocycles. The van der Waals surface area contributed by atoms with Gasteiger partial charge in [0.05, 0.1) is 5.92 Å². The van der Waals surface area contributed by atoms with Crippen molar-refractivity contribution >= 4 is 11.8 Å². The molecule has 1 saturated heterocycles. The molecule has 1 unspecified atom stereocenters. The topological polar surface area (TPSA) is 49.4 Å². The first kappa shape index (κ1) is 15.5. The van der Waals surface area contributed by atoms with Crippen molar-refractivity contribution in [2.24, 2.45) is 5.92 Å². The van der Waals surface area contributed by atoms with Gasteiger partial charge in [-0.15, -0.1) is 0 Å². The van der Waals surface area contributed by atoms with E-state index in [1.54, 1.807) is 4.90 Å². The maximum absolute atomic E-state index is 12.3. The van der Waals surface area contributed by atoms with Crippen molar-refractivity contribution < 1.29 is 9.59 Å². The normalized spacial score (nSPS) is 18.9. The zero-order valence-corrected chi connectivity index (χ0v) is 13.1. The number of nitrogens with zero attached hydrogens (tertiary/aromatic N) is 1. The Hall–Kier alpha value is -1.84. The van der Waals surface area contributed by atoms with Crippen LogP contribution >= 0.6 is 0 Å². The van der Waals surface area contributed by atoms with E-state index in [1.807, 2.05) is 51.1 Å². The second-order valence-corrected chi connectivity index (χ2v) is 6.39. The molecule has 1 N–H and O–H groups in total. The number of hydrogen-bond acceptors (Lipinski definition) is 2. The third-order valence-corrected chi connectivity index (χ3v) is 4.15. The summed E-state index contributed by atoms with van der Waals surface area (Å²) < 4.78 is 0. The van der Waals surface area contributed by atoms with E-state index in [-0.39, 0.29) is 23.3 Å². The molecule has 21 heavy (non-hydrogen) atoms. The van der Waals surface area contributed by atoms with Gasteiger partial charge >= 0.3 is 0 Å². The first-order valence-corrected chi connectivity index (χ1v) is 7.55. The highest BCUT2D eigenvalue weighted by atomic mass is 16.2. The van der Waals surface area contributed by atoms with Crippen LogP contribution in [0.1, 0.15) is 39.2 Å². The Morgan fingerprint density at radius 2 is 2.00 bits per heavy atom. The Kier molecular flexibility index (Phi) is 4.66. The number of rotatable bonds is 5. The predicted molar refractivity (Wildman–Crippen MR) is 82.5 cm³/mol. The largest absolute Gasteiger partial charge is 0.351 e. The van der Waals surface area contributed by atoms with E-state index in [4.69, 9.17) is 0 Å². The lowest BCUT2D eigenvalue weighted by Gasteiger charge is -2.26. The Morgan fingerprint density at radius 1 is 1.33 bits per heavy atom. The summed E-state index contributed by atoms with van der Waals surface area (Å²) in [6.45, 7) is 7.15. The van der Waals surface area contributed by atoms with Gasteiger partial charge in [0.2, 0.25) is 11.8 Å². The Labute approximate surface area is 126 Å². The average molecular weight is 288 g/mol. The first-order valence-electron chi connectivity index (χ1n) is 7.55. The van der Waals surface area contributed by atoms with E-state index >= 15 is 0 Å². The van der Waals surface area contributed by atoms with Crippen molar-refractivity contribution in [2.45, 2.75) is 45.7 Å². The molecule has 4 nitrogen and oxygen atoms in total. The van der Waals surface area contributed by atoms with Crippen LogP contribution in [-0.4, -0.2) is 28.8 Å². The van der Waals surface area contributed by atoms with Gasteiger partial charge in [-0.2, -0.15) is 0 Å². The zero-order valence-electron chi connectivity index (χ0n) is 13.1. The number of benzene rings is 1. The quantitative estimate of drug-likeness (QED) is 0.904. The van der Waals surface area contributed by atoms with Crippen molar-refractivity contribution in [3.05, 3.63) is 35.9 Å². The molecule has 2 rings (SSSR count). The fourth-order valence-electron chi connectivity index (χ4n) is 2.43. The lowest BCUT2D eigenvalue weighted by molar-refractivity contribution is -0.129. The number of hydrogen-bond donors (Lipinski definition) is 1. The summed E-state index contributed by atoms with van der Waals surface area (Å²) in [5, 5.41) is 3.04. The van der Waals surface area contributed by atoms with Crippen LogP contribution in [0.2, 0.25) is 0 Å². The van der Waals surface area contributed by atoms with Crippen LogP contribution in [0.3, 0.4) is 0 Å². The van der Waals surface area contributed by atoms with Crippen molar-refractivity contribution in [3.63, 3.8) is 0 Å². The van der Waals surface area contributed by atoms with Gasteiger partial charge in [0.25, 0.3) is 0 Å². The Balaban J connectivity index is 1.95. The van der Waals surface area contributed by atoms with Crippen LogP contribution in [-0.2, 0) is 16.1 Å². The van der Waals surface area contributed by atoms with Crippen molar-refractivity contribution in [1.29, 1.82) is 0 Å². The van der Waals surface area contributed by atoms with Crippen LogP contribution < -0.4 is 5.32 Å². The lowest BCUT2D eigenvalue weighted by Crippen LogP contribution is -2.46. The third kappa shape index (κ3) is 4.06.